The number of hydrogen-bond acceptors (Lipinski definition) is 2. The number of methoxy groups -OCH3 is 1. The Morgan fingerprint density at radius 3 is 2.62 bits per heavy atom. The lowest BCUT2D eigenvalue weighted by atomic mass is 9.99. The first-order valence-electron chi connectivity index (χ1n) is 5.33. The number of nitrogens with one attached hydrogen (secondary N) is 1. The van der Waals surface area contributed by atoms with Crippen molar-refractivity contribution in [2.45, 2.75) is 19.8 Å². The molecule has 0 radical (unpaired) electrons. The Kier molecular flexibility index (Phi) is 2.69. The van der Waals surface area contributed by atoms with Crippen molar-refractivity contribution in [3.63, 3.8) is 0 Å². The number of benzene rings is 1. The van der Waals surface area contributed by atoms with E-state index in [0.717, 1.165) is 10.9 Å². The number of fused-ring (bicyclic) bond motifs is 1. The van der Waals surface area contributed by atoms with Gasteiger partial charge in [0.05, 0.1) is 12.5 Å². The van der Waals surface area contributed by atoms with E-state index in [1.54, 1.807) is 19.4 Å². The number of hydrogen-bond donors (Lipinski definition) is 1. The van der Waals surface area contributed by atoms with Crippen molar-refractivity contribution in [3.05, 3.63) is 40.3 Å². The maximum atomic E-state index is 11.7. The summed E-state index contributed by atoms with van der Waals surface area (Å²) in [6.07, 6.45) is 1.79. The van der Waals surface area contributed by atoms with Crippen LogP contribution < -0.4 is 10.3 Å². The van der Waals surface area contributed by atoms with E-state index in [2.05, 4.69) is 18.8 Å². The van der Waals surface area contributed by atoms with E-state index in [9.17, 15) is 4.79 Å². The van der Waals surface area contributed by atoms with E-state index in [1.165, 1.54) is 0 Å². The molecule has 0 saturated heterocycles. The second kappa shape index (κ2) is 4.00. The molecule has 0 amide bonds. The van der Waals surface area contributed by atoms with Gasteiger partial charge < -0.3 is 9.72 Å². The minimum absolute atomic E-state index is 0.0710. The lowest BCUT2D eigenvalue weighted by Crippen LogP contribution is -2.08. The Hall–Kier alpha value is -1.77. The molecule has 0 unspecified atom stereocenters. The molecule has 84 valence electrons. The van der Waals surface area contributed by atoms with E-state index in [0.29, 0.717) is 17.1 Å². The predicted octanol–water partition coefficient (Wildman–Crippen LogP) is 2.66. The van der Waals surface area contributed by atoms with Crippen LogP contribution in [-0.4, -0.2) is 12.1 Å². The molecule has 1 aromatic carbocycles. The van der Waals surface area contributed by atoms with Gasteiger partial charge in [-0.15, -0.1) is 0 Å². The average Bonchev–Trinajstić information content (AvgIpc) is 2.29. The third-order valence-corrected chi connectivity index (χ3v) is 2.76. The molecule has 0 spiro atoms. The van der Waals surface area contributed by atoms with Gasteiger partial charge in [0.25, 0.3) is 5.56 Å². The highest BCUT2D eigenvalue weighted by Gasteiger charge is 2.08. The summed E-state index contributed by atoms with van der Waals surface area (Å²) in [5.74, 6) is 1.09. The Bertz CT molecular complexity index is 570. The number of pyridine rings is 1. The van der Waals surface area contributed by atoms with E-state index in [1.807, 2.05) is 12.1 Å². The van der Waals surface area contributed by atoms with Crippen molar-refractivity contribution >= 4 is 10.8 Å². The lowest BCUT2D eigenvalue weighted by Gasteiger charge is -2.10. The summed E-state index contributed by atoms with van der Waals surface area (Å²) in [4.78, 5) is 14.5. The smallest absolute Gasteiger partial charge is 0.255 e. The van der Waals surface area contributed by atoms with E-state index in [-0.39, 0.29) is 5.56 Å². The van der Waals surface area contributed by atoms with Crippen LogP contribution in [0.3, 0.4) is 0 Å². The zero-order valence-electron chi connectivity index (χ0n) is 9.70. The fourth-order valence-electron chi connectivity index (χ4n) is 1.87. The summed E-state index contributed by atoms with van der Waals surface area (Å²) in [6.45, 7) is 4.22. The van der Waals surface area contributed by atoms with E-state index in [4.69, 9.17) is 4.74 Å². The Labute approximate surface area is 94.1 Å². The minimum atomic E-state index is -0.0710. The monoisotopic (exact) mass is 217 g/mol. The zero-order valence-corrected chi connectivity index (χ0v) is 9.70. The second-order valence-corrected chi connectivity index (χ2v) is 4.14. The van der Waals surface area contributed by atoms with Crippen LogP contribution >= 0.6 is 0 Å². The summed E-state index contributed by atoms with van der Waals surface area (Å²) < 4.78 is 5.12. The first kappa shape index (κ1) is 10.7. The molecule has 3 heteroatoms. The summed E-state index contributed by atoms with van der Waals surface area (Å²) in [7, 11) is 1.60. The molecule has 0 saturated carbocycles. The maximum absolute atomic E-state index is 11.7. The van der Waals surface area contributed by atoms with Gasteiger partial charge in [0.2, 0.25) is 0 Å². The fourth-order valence-corrected chi connectivity index (χ4v) is 1.87. The van der Waals surface area contributed by atoms with Crippen molar-refractivity contribution in [1.29, 1.82) is 0 Å². The SMILES string of the molecule is COc1ccc2c(C(C)C)c[nH]c(=O)c2c1. The number of aromatic amines is 1. The standard InChI is InChI=1S/C13H15NO2/c1-8(2)12-7-14-13(15)11-6-9(16-3)4-5-10(11)12/h4-8H,1-3H3,(H,14,15). The van der Waals surface area contributed by atoms with Crippen molar-refractivity contribution in [2.75, 3.05) is 7.11 Å². The summed E-state index contributed by atoms with van der Waals surface area (Å²) in [5, 5.41) is 1.69. The first-order chi connectivity index (χ1) is 7.63. The van der Waals surface area contributed by atoms with Gasteiger partial charge in [-0.25, -0.2) is 0 Å². The maximum Gasteiger partial charge on any atom is 0.255 e. The van der Waals surface area contributed by atoms with Crippen molar-refractivity contribution in [2.24, 2.45) is 0 Å². The van der Waals surface area contributed by atoms with E-state index >= 15 is 0 Å². The van der Waals surface area contributed by atoms with Crippen LogP contribution in [0.4, 0.5) is 0 Å². The number of H-pyrrole nitrogens is 1. The zero-order chi connectivity index (χ0) is 11.7. The molecule has 0 bridgehead atoms. The molecular weight excluding hydrogens is 202 g/mol. The highest BCUT2D eigenvalue weighted by Crippen LogP contribution is 2.25. The largest absolute Gasteiger partial charge is 0.497 e. The summed E-state index contributed by atoms with van der Waals surface area (Å²) >= 11 is 0. The highest BCUT2D eigenvalue weighted by atomic mass is 16.5. The molecule has 3 nitrogen and oxygen atoms in total. The molecule has 1 aromatic heterocycles. The molecule has 0 aliphatic heterocycles. The summed E-state index contributed by atoms with van der Waals surface area (Å²) in [5.41, 5.74) is 1.08. The molecule has 0 fully saturated rings. The van der Waals surface area contributed by atoms with E-state index < -0.39 is 0 Å². The second-order valence-electron chi connectivity index (χ2n) is 4.14. The normalized spacial score (nSPS) is 11.0. The minimum Gasteiger partial charge on any atom is -0.497 e. The number of rotatable bonds is 2. The number of aromatic nitrogens is 1. The third-order valence-electron chi connectivity index (χ3n) is 2.76. The summed E-state index contributed by atoms with van der Waals surface area (Å²) in [6, 6.07) is 5.60. The first-order valence-corrected chi connectivity index (χ1v) is 5.33. The molecular formula is C13H15NO2. The van der Waals surface area contributed by atoms with Crippen molar-refractivity contribution in [1.82, 2.24) is 4.98 Å². The van der Waals surface area contributed by atoms with Gasteiger partial charge in [0, 0.05) is 6.20 Å². The Morgan fingerprint density at radius 2 is 2.00 bits per heavy atom. The molecule has 0 aliphatic rings. The molecule has 0 aliphatic carbocycles. The van der Waals surface area contributed by atoms with Crippen LogP contribution in [0, 0.1) is 0 Å². The quantitative estimate of drug-likeness (QED) is 0.840. The fraction of sp³-hybridized carbons (Fsp3) is 0.308. The number of ether oxygens (including phenoxy) is 1. The Morgan fingerprint density at radius 1 is 1.25 bits per heavy atom. The Balaban J connectivity index is 2.81. The average molecular weight is 217 g/mol. The highest BCUT2D eigenvalue weighted by molar-refractivity contribution is 5.86. The molecule has 1 heterocycles. The third kappa shape index (κ3) is 1.69. The van der Waals surface area contributed by atoms with Crippen LogP contribution in [0.2, 0.25) is 0 Å². The van der Waals surface area contributed by atoms with Crippen molar-refractivity contribution in [3.8, 4) is 5.75 Å². The van der Waals surface area contributed by atoms with Crippen LogP contribution in [-0.2, 0) is 0 Å². The van der Waals surface area contributed by atoms with Crippen LogP contribution in [0.15, 0.2) is 29.2 Å². The molecule has 2 rings (SSSR count). The van der Waals surface area contributed by atoms with Gasteiger partial charge in [0.1, 0.15) is 5.75 Å². The molecule has 16 heavy (non-hydrogen) atoms. The van der Waals surface area contributed by atoms with Crippen LogP contribution in [0.25, 0.3) is 10.8 Å². The van der Waals surface area contributed by atoms with Crippen LogP contribution in [0.5, 0.6) is 5.75 Å². The predicted molar refractivity (Wildman–Crippen MR) is 65.2 cm³/mol. The molecule has 2 aromatic rings. The van der Waals surface area contributed by atoms with Gasteiger partial charge >= 0.3 is 0 Å². The van der Waals surface area contributed by atoms with Gasteiger partial charge in [-0.05, 0) is 29.0 Å². The van der Waals surface area contributed by atoms with Gasteiger partial charge in [-0.3, -0.25) is 4.79 Å². The lowest BCUT2D eigenvalue weighted by molar-refractivity contribution is 0.415. The van der Waals surface area contributed by atoms with Crippen LogP contribution in [0.1, 0.15) is 25.3 Å². The molecule has 1 N–H and O–H groups in total. The van der Waals surface area contributed by atoms with Gasteiger partial charge in [-0.1, -0.05) is 19.9 Å². The van der Waals surface area contributed by atoms with Gasteiger partial charge in [0.15, 0.2) is 0 Å². The van der Waals surface area contributed by atoms with Crippen molar-refractivity contribution < 1.29 is 4.74 Å². The molecule has 0 atom stereocenters. The van der Waals surface area contributed by atoms with Gasteiger partial charge in [-0.2, -0.15) is 0 Å². The topological polar surface area (TPSA) is 42.1 Å².